The van der Waals surface area contributed by atoms with Crippen LogP contribution in [0.5, 0.6) is 0 Å². The van der Waals surface area contributed by atoms with E-state index in [1.165, 1.54) is 19.1 Å². The highest BCUT2D eigenvalue weighted by atomic mass is 32.2. The zero-order chi connectivity index (χ0) is 13.6. The average Bonchev–Trinajstić information content (AvgIpc) is 2.53. The lowest BCUT2D eigenvalue weighted by Crippen LogP contribution is -2.32. The fourth-order valence-electron chi connectivity index (χ4n) is 1.59. The van der Waals surface area contributed by atoms with Crippen LogP contribution >= 0.6 is 11.8 Å². The van der Waals surface area contributed by atoms with Crippen molar-refractivity contribution in [2.75, 3.05) is 0 Å². The average molecular weight is 277 g/mol. The van der Waals surface area contributed by atoms with Crippen molar-refractivity contribution in [1.29, 1.82) is 0 Å². The number of aliphatic hydroxyl groups is 1. The fourth-order valence-corrected chi connectivity index (χ4v) is 2.67. The number of carbonyl (C=O) groups excluding carboxylic acids is 1. The number of rotatable bonds is 1. The predicted molar refractivity (Wildman–Crippen MR) is 60.5 cm³/mol. The molecule has 1 amide bonds. The second-order valence-corrected chi connectivity index (χ2v) is 5.58. The van der Waals surface area contributed by atoms with Gasteiger partial charge in [0.1, 0.15) is 5.37 Å². The summed E-state index contributed by atoms with van der Waals surface area (Å²) >= 11 is 0.876. The van der Waals surface area contributed by atoms with Crippen LogP contribution in [0.1, 0.15) is 23.4 Å². The Morgan fingerprint density at radius 3 is 2.61 bits per heavy atom. The maximum absolute atomic E-state index is 12.5. The van der Waals surface area contributed by atoms with E-state index in [2.05, 4.69) is 5.32 Å². The molecule has 98 valence electrons. The van der Waals surface area contributed by atoms with Gasteiger partial charge in [-0.1, -0.05) is 23.9 Å². The minimum absolute atomic E-state index is 0.306. The van der Waals surface area contributed by atoms with Crippen LogP contribution in [-0.2, 0) is 11.0 Å². The molecule has 1 aliphatic heterocycles. The maximum atomic E-state index is 12.5. The third-order valence-corrected chi connectivity index (χ3v) is 3.82. The highest BCUT2D eigenvalue weighted by Crippen LogP contribution is 2.42. The van der Waals surface area contributed by atoms with E-state index in [4.69, 9.17) is 0 Å². The minimum Gasteiger partial charge on any atom is -0.371 e. The fraction of sp³-hybridized carbons (Fsp3) is 0.364. The normalized spacial score (nSPS) is 28.3. The van der Waals surface area contributed by atoms with Crippen LogP contribution in [0.4, 0.5) is 13.2 Å². The van der Waals surface area contributed by atoms with Crippen molar-refractivity contribution in [2.45, 2.75) is 23.4 Å². The van der Waals surface area contributed by atoms with Gasteiger partial charge in [0.2, 0.25) is 0 Å². The van der Waals surface area contributed by atoms with Gasteiger partial charge in [0.15, 0.2) is 4.93 Å². The second kappa shape index (κ2) is 4.17. The van der Waals surface area contributed by atoms with Gasteiger partial charge in [0.05, 0.1) is 5.56 Å². The molecule has 3 nitrogen and oxygen atoms in total. The first kappa shape index (κ1) is 13.2. The van der Waals surface area contributed by atoms with E-state index in [-0.39, 0.29) is 0 Å². The van der Waals surface area contributed by atoms with E-state index in [0.29, 0.717) is 5.56 Å². The number of alkyl halides is 3. The smallest absolute Gasteiger partial charge is 0.371 e. The van der Waals surface area contributed by atoms with E-state index in [1.807, 2.05) is 0 Å². The summed E-state index contributed by atoms with van der Waals surface area (Å²) in [5.74, 6) is -0.602. The van der Waals surface area contributed by atoms with Crippen molar-refractivity contribution in [2.24, 2.45) is 0 Å². The van der Waals surface area contributed by atoms with Gasteiger partial charge in [0, 0.05) is 0 Å². The Bertz CT molecular complexity index is 487. The summed E-state index contributed by atoms with van der Waals surface area (Å²) in [5.41, 5.74) is -0.470. The molecule has 0 aliphatic carbocycles. The van der Waals surface area contributed by atoms with Crippen molar-refractivity contribution < 1.29 is 23.1 Å². The Morgan fingerprint density at radius 2 is 2.11 bits per heavy atom. The molecule has 1 fully saturated rings. The Labute approximate surface area is 105 Å². The molecule has 7 heteroatoms. The van der Waals surface area contributed by atoms with Gasteiger partial charge in [-0.3, -0.25) is 4.79 Å². The molecule has 2 unspecified atom stereocenters. The van der Waals surface area contributed by atoms with Gasteiger partial charge in [-0.2, -0.15) is 13.2 Å². The van der Waals surface area contributed by atoms with Crippen LogP contribution in [0.2, 0.25) is 0 Å². The van der Waals surface area contributed by atoms with E-state index in [1.54, 1.807) is 0 Å². The standard InChI is InChI=1S/C11H10F3NO2S/c1-10(17)9(16)15-8(18-10)6-3-2-4-7(5-6)11(12,13)14/h2-5,8,17H,1H3,(H,15,16). The SMILES string of the molecule is CC1(O)SC(c2cccc(C(F)(F)F)c2)NC1=O. The maximum Gasteiger partial charge on any atom is 0.416 e. The molecule has 1 heterocycles. The number of benzene rings is 1. The second-order valence-electron chi connectivity index (χ2n) is 4.08. The number of nitrogens with one attached hydrogen (secondary N) is 1. The van der Waals surface area contributed by atoms with Crippen LogP contribution in [0.25, 0.3) is 0 Å². The predicted octanol–water partition coefficient (Wildman–Crippen LogP) is 2.28. The first-order chi connectivity index (χ1) is 8.20. The zero-order valence-corrected chi connectivity index (χ0v) is 10.1. The molecule has 2 rings (SSSR count). The van der Waals surface area contributed by atoms with Gasteiger partial charge >= 0.3 is 6.18 Å². The van der Waals surface area contributed by atoms with Crippen molar-refractivity contribution in [1.82, 2.24) is 5.32 Å². The van der Waals surface area contributed by atoms with Crippen molar-refractivity contribution in [3.05, 3.63) is 35.4 Å². The monoisotopic (exact) mass is 277 g/mol. The first-order valence-electron chi connectivity index (χ1n) is 5.08. The summed E-state index contributed by atoms with van der Waals surface area (Å²) in [6.07, 6.45) is -4.42. The number of halogens is 3. The van der Waals surface area contributed by atoms with Gasteiger partial charge in [-0.25, -0.2) is 0 Å². The molecule has 2 atom stereocenters. The third-order valence-electron chi connectivity index (χ3n) is 2.55. The van der Waals surface area contributed by atoms with E-state index >= 15 is 0 Å². The van der Waals surface area contributed by atoms with E-state index in [0.717, 1.165) is 23.9 Å². The lowest BCUT2D eigenvalue weighted by molar-refractivity contribution is -0.137. The van der Waals surface area contributed by atoms with Crippen molar-refractivity contribution >= 4 is 17.7 Å². The molecule has 1 aromatic carbocycles. The number of carbonyl (C=O) groups is 1. The quantitative estimate of drug-likeness (QED) is 0.828. The molecule has 0 bridgehead atoms. The van der Waals surface area contributed by atoms with Gasteiger partial charge in [0.25, 0.3) is 5.91 Å². The Kier molecular flexibility index (Phi) is 3.06. The largest absolute Gasteiger partial charge is 0.416 e. The van der Waals surface area contributed by atoms with E-state index < -0.39 is 28.0 Å². The summed E-state index contributed by atoms with van der Waals surface area (Å²) in [7, 11) is 0. The molecular formula is C11H10F3NO2S. The minimum atomic E-state index is -4.42. The Morgan fingerprint density at radius 1 is 1.44 bits per heavy atom. The van der Waals surface area contributed by atoms with Crippen LogP contribution in [-0.4, -0.2) is 15.9 Å². The molecule has 18 heavy (non-hydrogen) atoms. The van der Waals surface area contributed by atoms with Crippen LogP contribution in [0, 0.1) is 0 Å². The summed E-state index contributed by atoms with van der Waals surface area (Å²) < 4.78 is 37.6. The lowest BCUT2D eigenvalue weighted by atomic mass is 10.1. The highest BCUT2D eigenvalue weighted by molar-refractivity contribution is 8.01. The summed E-state index contributed by atoms with van der Waals surface area (Å²) in [6, 6.07) is 4.69. The highest BCUT2D eigenvalue weighted by Gasteiger charge is 2.43. The lowest BCUT2D eigenvalue weighted by Gasteiger charge is -2.14. The Hall–Kier alpha value is -1.21. The summed E-state index contributed by atoms with van der Waals surface area (Å²) in [4.78, 5) is 9.75. The molecule has 1 aliphatic rings. The molecule has 0 saturated carbocycles. The van der Waals surface area contributed by atoms with Crippen molar-refractivity contribution in [3.8, 4) is 0 Å². The zero-order valence-electron chi connectivity index (χ0n) is 9.28. The summed E-state index contributed by atoms with van der Waals surface area (Å²) in [5, 5.41) is 11.4. The first-order valence-corrected chi connectivity index (χ1v) is 5.96. The third kappa shape index (κ3) is 2.46. The molecule has 0 spiro atoms. The number of hydrogen-bond donors (Lipinski definition) is 2. The molecule has 0 radical (unpaired) electrons. The van der Waals surface area contributed by atoms with Gasteiger partial charge < -0.3 is 10.4 Å². The topological polar surface area (TPSA) is 49.3 Å². The van der Waals surface area contributed by atoms with E-state index in [9.17, 15) is 23.1 Å². The number of amides is 1. The Balaban J connectivity index is 2.29. The number of thioether (sulfide) groups is 1. The van der Waals surface area contributed by atoms with Crippen LogP contribution in [0.3, 0.4) is 0 Å². The number of hydrogen-bond acceptors (Lipinski definition) is 3. The van der Waals surface area contributed by atoms with Crippen molar-refractivity contribution in [3.63, 3.8) is 0 Å². The van der Waals surface area contributed by atoms with Gasteiger partial charge in [-0.05, 0) is 24.6 Å². The van der Waals surface area contributed by atoms with Gasteiger partial charge in [-0.15, -0.1) is 0 Å². The molecule has 1 aromatic rings. The summed E-state index contributed by atoms with van der Waals surface area (Å²) in [6.45, 7) is 1.31. The van der Waals surface area contributed by atoms with Crippen LogP contribution in [0.15, 0.2) is 24.3 Å². The molecule has 0 aromatic heterocycles. The van der Waals surface area contributed by atoms with Crippen LogP contribution < -0.4 is 5.32 Å². The molecular weight excluding hydrogens is 267 g/mol. The molecule has 1 saturated heterocycles. The molecule has 2 N–H and O–H groups in total.